The lowest BCUT2D eigenvalue weighted by molar-refractivity contribution is -0.144. The number of carbonyl (C=O) groups is 2. The molecule has 0 spiro atoms. The zero-order valence-electron chi connectivity index (χ0n) is 29.2. The standard InChI is InChI=1S/C19H38O2.C19H36O2/c1-4-5-6-7-10-13-16-19(20)21-17-14-11-8-9-12-15-18(2)3;1-3-4-5-6-7-8-9-10-11-12-13-14-15-16-17-18-19(20)21-2/h18H,4-17H2,1-3H3;17-18H,3-16H2,1-2H3. The molecule has 0 fully saturated rings. The van der Waals surface area contributed by atoms with Crippen molar-refractivity contribution in [1.82, 2.24) is 0 Å². The van der Waals surface area contributed by atoms with Gasteiger partial charge in [-0.25, -0.2) is 4.79 Å². The summed E-state index contributed by atoms with van der Waals surface area (Å²) in [4.78, 5) is 22.4. The van der Waals surface area contributed by atoms with Gasteiger partial charge >= 0.3 is 11.9 Å². The highest BCUT2D eigenvalue weighted by Crippen LogP contribution is 2.13. The minimum absolute atomic E-state index is 0.00491. The number of rotatable bonds is 30. The van der Waals surface area contributed by atoms with Gasteiger partial charge in [0.1, 0.15) is 0 Å². The molecular weight excluding hydrogens is 520 g/mol. The molecular formula is C38H74O4. The van der Waals surface area contributed by atoms with E-state index >= 15 is 0 Å². The third-order valence-corrected chi connectivity index (χ3v) is 7.85. The van der Waals surface area contributed by atoms with Gasteiger partial charge in [0.05, 0.1) is 13.7 Å². The van der Waals surface area contributed by atoms with Gasteiger partial charge in [-0.1, -0.05) is 175 Å². The molecule has 0 amide bonds. The van der Waals surface area contributed by atoms with Crippen molar-refractivity contribution in [3.8, 4) is 0 Å². The summed E-state index contributed by atoms with van der Waals surface area (Å²) in [6.45, 7) is 9.68. The van der Waals surface area contributed by atoms with Crippen LogP contribution in [0.25, 0.3) is 0 Å². The molecule has 4 heteroatoms. The number of methoxy groups -OCH3 is 1. The average Bonchev–Trinajstić information content (AvgIpc) is 2.98. The van der Waals surface area contributed by atoms with Crippen molar-refractivity contribution in [2.24, 2.45) is 5.92 Å². The monoisotopic (exact) mass is 595 g/mol. The van der Waals surface area contributed by atoms with E-state index in [0.717, 1.165) is 25.2 Å². The molecule has 0 rings (SSSR count). The third-order valence-electron chi connectivity index (χ3n) is 7.85. The van der Waals surface area contributed by atoms with E-state index in [9.17, 15) is 9.59 Å². The van der Waals surface area contributed by atoms with E-state index in [2.05, 4.69) is 32.4 Å². The molecule has 0 aliphatic heterocycles. The predicted octanol–water partition coefficient (Wildman–Crippen LogP) is 12.5. The summed E-state index contributed by atoms with van der Waals surface area (Å²) in [5, 5.41) is 0. The molecule has 0 atom stereocenters. The second-order valence-corrected chi connectivity index (χ2v) is 12.6. The predicted molar refractivity (Wildman–Crippen MR) is 183 cm³/mol. The summed E-state index contributed by atoms with van der Waals surface area (Å²) in [5.74, 6) is 0.586. The quantitative estimate of drug-likeness (QED) is 0.0471. The fourth-order valence-electron chi connectivity index (χ4n) is 5.02. The molecule has 42 heavy (non-hydrogen) atoms. The average molecular weight is 595 g/mol. The molecule has 250 valence electrons. The lowest BCUT2D eigenvalue weighted by Crippen LogP contribution is -2.05. The number of ether oxygens (including phenoxy) is 2. The number of hydrogen-bond donors (Lipinski definition) is 0. The van der Waals surface area contributed by atoms with Crippen LogP contribution in [0.1, 0.15) is 201 Å². The summed E-state index contributed by atoms with van der Waals surface area (Å²) in [5.41, 5.74) is 0. The second-order valence-electron chi connectivity index (χ2n) is 12.6. The summed E-state index contributed by atoms with van der Waals surface area (Å²) in [7, 11) is 1.41. The van der Waals surface area contributed by atoms with Crippen LogP contribution in [-0.4, -0.2) is 25.7 Å². The highest BCUT2D eigenvalue weighted by Gasteiger charge is 2.02. The molecule has 0 aliphatic carbocycles. The number of esters is 2. The van der Waals surface area contributed by atoms with Crippen LogP contribution in [0.5, 0.6) is 0 Å². The fourth-order valence-corrected chi connectivity index (χ4v) is 5.02. The molecule has 0 aromatic rings. The Kier molecular flexibility index (Phi) is 38.4. The smallest absolute Gasteiger partial charge is 0.330 e. The van der Waals surface area contributed by atoms with Gasteiger partial charge in [-0.2, -0.15) is 0 Å². The highest BCUT2D eigenvalue weighted by atomic mass is 16.5. The minimum Gasteiger partial charge on any atom is -0.466 e. The lowest BCUT2D eigenvalue weighted by Gasteiger charge is -2.06. The molecule has 0 aromatic carbocycles. The molecule has 0 saturated heterocycles. The van der Waals surface area contributed by atoms with Gasteiger partial charge in [-0.05, 0) is 31.6 Å². The van der Waals surface area contributed by atoms with E-state index in [4.69, 9.17) is 4.74 Å². The molecule has 0 saturated carbocycles. The largest absolute Gasteiger partial charge is 0.466 e. The first-order valence-electron chi connectivity index (χ1n) is 18.4. The van der Waals surface area contributed by atoms with E-state index in [1.807, 2.05) is 6.08 Å². The molecule has 4 nitrogen and oxygen atoms in total. The molecule has 0 heterocycles. The Morgan fingerprint density at radius 2 is 1.00 bits per heavy atom. The van der Waals surface area contributed by atoms with Crippen molar-refractivity contribution < 1.29 is 19.1 Å². The SMILES string of the molecule is CCCCCCCCC(=O)OCCCCCCCC(C)C.CCCCCCCCCCCCCCCC=CC(=O)OC. The van der Waals surface area contributed by atoms with Crippen molar-refractivity contribution in [2.75, 3.05) is 13.7 Å². The topological polar surface area (TPSA) is 52.6 Å². The Bertz CT molecular complexity index is 569. The number of unbranched alkanes of at least 4 members (excludes halogenated alkanes) is 22. The minimum atomic E-state index is -0.246. The first-order valence-corrected chi connectivity index (χ1v) is 18.4. The molecule has 0 N–H and O–H groups in total. The maximum atomic E-state index is 11.5. The van der Waals surface area contributed by atoms with Crippen molar-refractivity contribution in [3.63, 3.8) is 0 Å². The van der Waals surface area contributed by atoms with Gasteiger partial charge < -0.3 is 9.47 Å². The summed E-state index contributed by atoms with van der Waals surface area (Å²) in [6, 6.07) is 0. The van der Waals surface area contributed by atoms with Crippen LogP contribution in [0.3, 0.4) is 0 Å². The second kappa shape index (κ2) is 37.7. The van der Waals surface area contributed by atoms with E-state index in [1.165, 1.54) is 161 Å². The zero-order chi connectivity index (χ0) is 31.4. The van der Waals surface area contributed by atoms with Crippen molar-refractivity contribution in [2.45, 2.75) is 201 Å². The highest BCUT2D eigenvalue weighted by molar-refractivity contribution is 5.81. The third kappa shape index (κ3) is 40.8. The number of allylic oxidation sites excluding steroid dienone is 1. The number of carbonyl (C=O) groups excluding carboxylic acids is 2. The Hall–Kier alpha value is -1.32. The van der Waals surface area contributed by atoms with Gasteiger partial charge in [-0.3, -0.25) is 4.79 Å². The van der Waals surface area contributed by atoms with Crippen LogP contribution in [0, 0.1) is 5.92 Å². The normalized spacial score (nSPS) is 11.1. The van der Waals surface area contributed by atoms with Crippen LogP contribution in [-0.2, 0) is 19.1 Å². The Morgan fingerprint density at radius 3 is 1.48 bits per heavy atom. The Balaban J connectivity index is 0. The van der Waals surface area contributed by atoms with Crippen LogP contribution in [0.4, 0.5) is 0 Å². The van der Waals surface area contributed by atoms with Gasteiger partial charge in [0.25, 0.3) is 0 Å². The van der Waals surface area contributed by atoms with Crippen molar-refractivity contribution in [3.05, 3.63) is 12.2 Å². The van der Waals surface area contributed by atoms with E-state index in [1.54, 1.807) is 0 Å². The van der Waals surface area contributed by atoms with Crippen LogP contribution >= 0.6 is 0 Å². The zero-order valence-corrected chi connectivity index (χ0v) is 29.2. The number of hydrogen-bond acceptors (Lipinski definition) is 4. The van der Waals surface area contributed by atoms with E-state index in [0.29, 0.717) is 13.0 Å². The van der Waals surface area contributed by atoms with Crippen LogP contribution < -0.4 is 0 Å². The maximum absolute atomic E-state index is 11.5. The molecule has 0 bridgehead atoms. The molecule has 0 aliphatic rings. The van der Waals surface area contributed by atoms with Gasteiger partial charge in [0.15, 0.2) is 0 Å². The fraction of sp³-hybridized carbons (Fsp3) is 0.895. The Morgan fingerprint density at radius 1 is 0.571 bits per heavy atom. The first-order chi connectivity index (χ1) is 20.5. The van der Waals surface area contributed by atoms with E-state index < -0.39 is 0 Å². The maximum Gasteiger partial charge on any atom is 0.330 e. The van der Waals surface area contributed by atoms with Crippen molar-refractivity contribution >= 4 is 11.9 Å². The summed E-state index contributed by atoms with van der Waals surface area (Å²) < 4.78 is 9.82. The molecule has 0 aromatic heterocycles. The van der Waals surface area contributed by atoms with Gasteiger partial charge in [0, 0.05) is 12.5 Å². The van der Waals surface area contributed by atoms with Crippen molar-refractivity contribution in [1.29, 1.82) is 0 Å². The van der Waals surface area contributed by atoms with Crippen LogP contribution in [0.2, 0.25) is 0 Å². The summed E-state index contributed by atoms with van der Waals surface area (Å²) in [6.07, 6.45) is 37.8. The van der Waals surface area contributed by atoms with Gasteiger partial charge in [-0.15, -0.1) is 0 Å². The molecule has 0 unspecified atom stereocenters. The summed E-state index contributed by atoms with van der Waals surface area (Å²) >= 11 is 0. The van der Waals surface area contributed by atoms with E-state index in [-0.39, 0.29) is 11.9 Å². The lowest BCUT2D eigenvalue weighted by atomic mass is 10.0. The van der Waals surface area contributed by atoms with Crippen LogP contribution in [0.15, 0.2) is 12.2 Å². The molecule has 0 radical (unpaired) electrons. The van der Waals surface area contributed by atoms with Gasteiger partial charge in [0.2, 0.25) is 0 Å². The Labute approximate surface area is 263 Å². The first kappa shape index (κ1) is 42.8.